The summed E-state index contributed by atoms with van der Waals surface area (Å²) >= 11 is 0. The summed E-state index contributed by atoms with van der Waals surface area (Å²) < 4.78 is 6.12. The Bertz CT molecular complexity index is 703. The Morgan fingerprint density at radius 2 is 1.35 bits per heavy atom. The average molecular weight is 465 g/mol. The molecule has 0 amide bonds. The molecular weight excluding hydrogens is 412 g/mol. The molecule has 1 nitrogen and oxygen atoms in total. The van der Waals surface area contributed by atoms with Crippen LogP contribution < -0.4 is 4.74 Å². The molecule has 190 valence electrons. The summed E-state index contributed by atoms with van der Waals surface area (Å²) in [5, 5.41) is 0. The standard InChI is InChI=1S/C33H52O/c1-3-5-6-8-27-9-15-29(16-10-27)31-19-21-32(22-20-31)30-17-11-28(12-18-30)25-34-33-23-13-26(7-4-2)14-24-33/h11,13-14,17,23-24,27-32H,3-10,12,15-16,18-22,25H2,1-2H3. The van der Waals surface area contributed by atoms with Crippen LogP contribution >= 0.6 is 0 Å². The first-order chi connectivity index (χ1) is 16.7. The van der Waals surface area contributed by atoms with E-state index in [0.29, 0.717) is 5.92 Å². The minimum Gasteiger partial charge on any atom is -0.493 e. The lowest BCUT2D eigenvalue weighted by molar-refractivity contribution is 0.125. The van der Waals surface area contributed by atoms with Gasteiger partial charge in [0, 0.05) is 5.92 Å². The van der Waals surface area contributed by atoms with Crippen LogP contribution in [0.4, 0.5) is 0 Å². The molecule has 0 aromatic heterocycles. The van der Waals surface area contributed by atoms with Crippen LogP contribution in [0.3, 0.4) is 0 Å². The van der Waals surface area contributed by atoms with E-state index in [1.54, 1.807) is 12.8 Å². The van der Waals surface area contributed by atoms with Crippen LogP contribution in [0.25, 0.3) is 0 Å². The fraction of sp³-hybridized carbons (Fsp3) is 0.758. The SMILES string of the molecule is CCCCCC1CCC(C2CCC(C3C=CC(COc4ccc(CCC)cc4)CC3)CC2)CC1. The lowest BCUT2D eigenvalue weighted by Gasteiger charge is -2.40. The van der Waals surface area contributed by atoms with Gasteiger partial charge in [-0.2, -0.15) is 0 Å². The predicted molar refractivity (Wildman–Crippen MR) is 146 cm³/mol. The predicted octanol–water partition coefficient (Wildman–Crippen LogP) is 9.79. The van der Waals surface area contributed by atoms with Crippen LogP contribution in [-0.4, -0.2) is 6.61 Å². The quantitative estimate of drug-likeness (QED) is 0.234. The van der Waals surface area contributed by atoms with Crippen molar-refractivity contribution in [1.29, 1.82) is 0 Å². The highest BCUT2D eigenvalue weighted by Crippen LogP contribution is 2.45. The number of benzene rings is 1. The van der Waals surface area contributed by atoms with Gasteiger partial charge >= 0.3 is 0 Å². The van der Waals surface area contributed by atoms with Gasteiger partial charge in [-0.25, -0.2) is 0 Å². The average Bonchev–Trinajstić information content (AvgIpc) is 2.89. The molecule has 2 fully saturated rings. The van der Waals surface area contributed by atoms with E-state index in [9.17, 15) is 0 Å². The molecular formula is C33H52O. The summed E-state index contributed by atoms with van der Waals surface area (Å²) in [5.41, 5.74) is 1.42. The highest BCUT2D eigenvalue weighted by Gasteiger charge is 2.33. The van der Waals surface area contributed by atoms with Crippen molar-refractivity contribution in [3.63, 3.8) is 0 Å². The van der Waals surface area contributed by atoms with Gasteiger partial charge in [0.15, 0.2) is 0 Å². The topological polar surface area (TPSA) is 9.23 Å². The van der Waals surface area contributed by atoms with Crippen molar-refractivity contribution in [2.75, 3.05) is 6.61 Å². The molecule has 0 N–H and O–H groups in total. The smallest absolute Gasteiger partial charge is 0.119 e. The molecule has 2 unspecified atom stereocenters. The van der Waals surface area contributed by atoms with Crippen LogP contribution in [-0.2, 0) is 6.42 Å². The molecule has 3 aliphatic carbocycles. The van der Waals surface area contributed by atoms with E-state index in [-0.39, 0.29) is 0 Å². The number of hydrogen-bond donors (Lipinski definition) is 0. The first-order valence-electron chi connectivity index (χ1n) is 15.1. The van der Waals surface area contributed by atoms with Crippen molar-refractivity contribution in [2.24, 2.45) is 35.5 Å². The second-order valence-corrected chi connectivity index (χ2v) is 12.0. The second-order valence-electron chi connectivity index (χ2n) is 12.0. The number of ether oxygens (including phenoxy) is 1. The van der Waals surface area contributed by atoms with Gasteiger partial charge in [-0.3, -0.25) is 0 Å². The Kier molecular flexibility index (Phi) is 10.4. The molecule has 1 aromatic rings. The molecule has 1 aromatic carbocycles. The number of hydrogen-bond acceptors (Lipinski definition) is 1. The zero-order valence-electron chi connectivity index (χ0n) is 22.4. The van der Waals surface area contributed by atoms with E-state index in [2.05, 4.69) is 50.3 Å². The molecule has 0 heterocycles. The third-order valence-corrected chi connectivity index (χ3v) is 9.62. The van der Waals surface area contributed by atoms with Gasteiger partial charge in [0.05, 0.1) is 6.61 Å². The van der Waals surface area contributed by atoms with Gasteiger partial charge in [0.2, 0.25) is 0 Å². The van der Waals surface area contributed by atoms with Gasteiger partial charge in [-0.1, -0.05) is 83.1 Å². The third-order valence-electron chi connectivity index (χ3n) is 9.62. The zero-order valence-corrected chi connectivity index (χ0v) is 22.4. The van der Waals surface area contributed by atoms with E-state index >= 15 is 0 Å². The fourth-order valence-electron chi connectivity index (χ4n) is 7.35. The monoisotopic (exact) mass is 464 g/mol. The first kappa shape index (κ1) is 25.8. The maximum Gasteiger partial charge on any atom is 0.119 e. The largest absolute Gasteiger partial charge is 0.493 e. The Morgan fingerprint density at radius 1 is 0.676 bits per heavy atom. The summed E-state index contributed by atoms with van der Waals surface area (Å²) in [6.07, 6.45) is 28.1. The molecule has 2 saturated carbocycles. The molecule has 34 heavy (non-hydrogen) atoms. The van der Waals surface area contributed by atoms with Gasteiger partial charge in [-0.15, -0.1) is 0 Å². The maximum absolute atomic E-state index is 6.12. The van der Waals surface area contributed by atoms with Crippen molar-refractivity contribution in [2.45, 2.75) is 117 Å². The highest BCUT2D eigenvalue weighted by molar-refractivity contribution is 5.27. The number of aryl methyl sites for hydroxylation is 1. The van der Waals surface area contributed by atoms with Crippen molar-refractivity contribution in [3.05, 3.63) is 42.0 Å². The molecule has 0 aliphatic heterocycles. The zero-order chi connectivity index (χ0) is 23.6. The van der Waals surface area contributed by atoms with Crippen LogP contribution in [0.2, 0.25) is 0 Å². The minimum atomic E-state index is 0.593. The summed E-state index contributed by atoms with van der Waals surface area (Å²) in [4.78, 5) is 0. The molecule has 2 atom stereocenters. The normalized spacial score (nSPS) is 31.9. The van der Waals surface area contributed by atoms with Crippen LogP contribution in [0.1, 0.15) is 116 Å². The number of rotatable bonds is 11. The Labute approximate surface area is 211 Å². The van der Waals surface area contributed by atoms with E-state index in [1.165, 1.54) is 89.0 Å². The maximum atomic E-state index is 6.12. The third kappa shape index (κ3) is 7.63. The van der Waals surface area contributed by atoms with Crippen LogP contribution in [0.5, 0.6) is 5.75 Å². The molecule has 3 aliphatic rings. The van der Waals surface area contributed by atoms with Gasteiger partial charge in [0.1, 0.15) is 5.75 Å². The van der Waals surface area contributed by atoms with E-state index in [1.807, 2.05) is 0 Å². The van der Waals surface area contributed by atoms with Crippen molar-refractivity contribution in [1.82, 2.24) is 0 Å². The molecule has 4 rings (SSSR count). The summed E-state index contributed by atoms with van der Waals surface area (Å²) in [5.74, 6) is 6.57. The Morgan fingerprint density at radius 3 is 1.97 bits per heavy atom. The second kappa shape index (κ2) is 13.7. The molecule has 0 bridgehead atoms. The van der Waals surface area contributed by atoms with Crippen molar-refractivity contribution >= 4 is 0 Å². The van der Waals surface area contributed by atoms with Gasteiger partial charge in [-0.05, 0) is 105 Å². The number of allylic oxidation sites excluding steroid dienone is 1. The summed E-state index contributed by atoms with van der Waals surface area (Å²) in [6, 6.07) is 8.75. The Hall–Kier alpha value is -1.24. The molecule has 1 heteroatoms. The van der Waals surface area contributed by atoms with Gasteiger partial charge < -0.3 is 4.74 Å². The minimum absolute atomic E-state index is 0.593. The summed E-state index contributed by atoms with van der Waals surface area (Å²) in [7, 11) is 0. The van der Waals surface area contributed by atoms with E-state index in [0.717, 1.165) is 48.4 Å². The van der Waals surface area contributed by atoms with Crippen LogP contribution in [0, 0.1) is 35.5 Å². The summed E-state index contributed by atoms with van der Waals surface area (Å²) in [6.45, 7) is 5.40. The number of unbranched alkanes of at least 4 members (excludes halogenated alkanes) is 2. The van der Waals surface area contributed by atoms with Crippen molar-refractivity contribution in [3.8, 4) is 5.75 Å². The lowest BCUT2D eigenvalue weighted by Crippen LogP contribution is -2.29. The lowest BCUT2D eigenvalue weighted by atomic mass is 9.66. The van der Waals surface area contributed by atoms with E-state index in [4.69, 9.17) is 4.74 Å². The van der Waals surface area contributed by atoms with E-state index < -0.39 is 0 Å². The molecule has 0 saturated heterocycles. The first-order valence-corrected chi connectivity index (χ1v) is 15.1. The molecule has 0 spiro atoms. The Balaban J connectivity index is 1.13. The van der Waals surface area contributed by atoms with Crippen LogP contribution in [0.15, 0.2) is 36.4 Å². The highest BCUT2D eigenvalue weighted by atomic mass is 16.5. The molecule has 0 radical (unpaired) electrons. The van der Waals surface area contributed by atoms with Crippen molar-refractivity contribution < 1.29 is 4.74 Å². The van der Waals surface area contributed by atoms with Gasteiger partial charge in [0.25, 0.3) is 0 Å². The fourth-order valence-corrected chi connectivity index (χ4v) is 7.35.